The summed E-state index contributed by atoms with van der Waals surface area (Å²) in [6.07, 6.45) is 4.21. The molecule has 0 atom stereocenters. The van der Waals surface area contributed by atoms with Gasteiger partial charge in [0.05, 0.1) is 0 Å². The Bertz CT molecular complexity index is 531. The van der Waals surface area contributed by atoms with Gasteiger partial charge in [0.15, 0.2) is 0 Å². The predicted molar refractivity (Wildman–Crippen MR) is 83.5 cm³/mol. The molecule has 0 radical (unpaired) electrons. The second-order valence-electron chi connectivity index (χ2n) is 5.69. The van der Waals surface area contributed by atoms with Gasteiger partial charge in [0.25, 0.3) is 10.0 Å². The highest BCUT2D eigenvalue weighted by Gasteiger charge is 2.31. The van der Waals surface area contributed by atoms with Crippen molar-refractivity contribution in [2.45, 2.75) is 49.4 Å². The molecule has 114 valence electrons. The van der Waals surface area contributed by atoms with Crippen LogP contribution in [0, 0.1) is 5.92 Å². The molecule has 6 heteroatoms. The van der Waals surface area contributed by atoms with Gasteiger partial charge in [-0.15, -0.1) is 11.3 Å². The van der Waals surface area contributed by atoms with Gasteiger partial charge in [0.1, 0.15) is 4.21 Å². The van der Waals surface area contributed by atoms with Gasteiger partial charge in [0, 0.05) is 24.5 Å². The molecule has 0 saturated heterocycles. The molecular formula is C14H24N2O2S2. The van der Waals surface area contributed by atoms with Crippen molar-refractivity contribution in [1.82, 2.24) is 9.62 Å². The van der Waals surface area contributed by atoms with E-state index in [-0.39, 0.29) is 6.04 Å². The van der Waals surface area contributed by atoms with Gasteiger partial charge in [-0.25, -0.2) is 8.42 Å². The van der Waals surface area contributed by atoms with Gasteiger partial charge in [-0.3, -0.25) is 0 Å². The van der Waals surface area contributed by atoms with Crippen LogP contribution in [0.5, 0.6) is 0 Å². The molecule has 0 bridgehead atoms. The predicted octanol–water partition coefficient (Wildman–Crippen LogP) is 2.67. The third-order valence-electron chi connectivity index (χ3n) is 4.12. The molecule has 2 rings (SSSR count). The van der Waals surface area contributed by atoms with Crippen molar-refractivity contribution in [3.63, 3.8) is 0 Å². The first-order valence-corrected chi connectivity index (χ1v) is 9.42. The number of nitrogens with one attached hydrogen (secondary N) is 1. The molecule has 1 heterocycles. The molecule has 4 nitrogen and oxygen atoms in total. The molecule has 0 unspecified atom stereocenters. The number of nitrogens with zero attached hydrogens (tertiary/aromatic N) is 1. The van der Waals surface area contributed by atoms with Crippen molar-refractivity contribution in [3.05, 3.63) is 17.0 Å². The van der Waals surface area contributed by atoms with Crippen molar-refractivity contribution in [2.24, 2.45) is 5.92 Å². The summed E-state index contributed by atoms with van der Waals surface area (Å²) in [7, 11) is 0.264. The molecule has 1 aliphatic carbocycles. The van der Waals surface area contributed by atoms with Gasteiger partial charge in [0.2, 0.25) is 0 Å². The van der Waals surface area contributed by atoms with Gasteiger partial charge in [-0.2, -0.15) is 4.31 Å². The lowest BCUT2D eigenvalue weighted by atomic mass is 9.87. The fraction of sp³-hybridized carbons (Fsp3) is 0.714. The first-order valence-electron chi connectivity index (χ1n) is 7.16. The maximum Gasteiger partial charge on any atom is 0.252 e. The van der Waals surface area contributed by atoms with Crippen LogP contribution in [0.15, 0.2) is 16.3 Å². The molecule has 0 aliphatic heterocycles. The zero-order chi connectivity index (χ0) is 14.8. The largest absolute Gasteiger partial charge is 0.315 e. The van der Waals surface area contributed by atoms with Crippen LogP contribution in [0.1, 0.15) is 37.5 Å². The van der Waals surface area contributed by atoms with E-state index in [0.717, 1.165) is 36.5 Å². The third kappa shape index (κ3) is 3.42. The zero-order valence-corrected chi connectivity index (χ0v) is 14.1. The van der Waals surface area contributed by atoms with Gasteiger partial charge >= 0.3 is 0 Å². The number of rotatable bonds is 5. The number of sulfonamides is 1. The SMILES string of the molecule is CNCc1ccc(S(=O)(=O)N(C)C2CCC(C)CC2)s1. The number of thiophene rings is 1. The molecule has 1 fully saturated rings. The van der Waals surface area contributed by atoms with Crippen molar-refractivity contribution in [1.29, 1.82) is 0 Å². The molecule has 0 spiro atoms. The molecule has 1 N–H and O–H groups in total. The Hall–Kier alpha value is -0.430. The average molecular weight is 316 g/mol. The Morgan fingerprint density at radius 1 is 1.30 bits per heavy atom. The molecule has 1 aliphatic rings. The minimum atomic E-state index is -3.33. The lowest BCUT2D eigenvalue weighted by Gasteiger charge is -2.32. The van der Waals surface area contributed by atoms with Crippen LogP contribution in [-0.2, 0) is 16.6 Å². The van der Waals surface area contributed by atoms with Crippen LogP contribution in [0.3, 0.4) is 0 Å². The molecule has 0 aromatic carbocycles. The lowest BCUT2D eigenvalue weighted by Crippen LogP contribution is -2.38. The van der Waals surface area contributed by atoms with E-state index in [9.17, 15) is 8.42 Å². The van der Waals surface area contributed by atoms with E-state index in [1.54, 1.807) is 17.4 Å². The van der Waals surface area contributed by atoms with Crippen molar-refractivity contribution in [2.75, 3.05) is 14.1 Å². The van der Waals surface area contributed by atoms with Crippen molar-refractivity contribution >= 4 is 21.4 Å². The number of hydrogen-bond acceptors (Lipinski definition) is 4. The second kappa shape index (κ2) is 6.56. The minimum absolute atomic E-state index is 0.158. The van der Waals surface area contributed by atoms with Crippen molar-refractivity contribution < 1.29 is 8.42 Å². The normalized spacial score (nSPS) is 24.2. The van der Waals surface area contributed by atoms with Crippen LogP contribution in [0.4, 0.5) is 0 Å². The summed E-state index contributed by atoms with van der Waals surface area (Å²) in [4.78, 5) is 1.05. The Kier molecular flexibility index (Phi) is 5.23. The zero-order valence-electron chi connectivity index (χ0n) is 12.4. The summed E-state index contributed by atoms with van der Waals surface area (Å²) in [5, 5.41) is 3.05. The van der Waals surface area contributed by atoms with Crippen LogP contribution in [0.2, 0.25) is 0 Å². The highest BCUT2D eigenvalue weighted by Crippen LogP contribution is 2.31. The lowest BCUT2D eigenvalue weighted by molar-refractivity contribution is 0.246. The smallest absolute Gasteiger partial charge is 0.252 e. The molecule has 0 amide bonds. The highest BCUT2D eigenvalue weighted by molar-refractivity contribution is 7.91. The fourth-order valence-corrected chi connectivity index (χ4v) is 5.68. The fourth-order valence-electron chi connectivity index (χ4n) is 2.71. The maximum atomic E-state index is 12.6. The van der Waals surface area contributed by atoms with Gasteiger partial charge in [-0.05, 0) is 50.8 Å². The van der Waals surface area contributed by atoms with Gasteiger partial charge < -0.3 is 5.32 Å². The first kappa shape index (κ1) is 15.9. The Labute approximate surface area is 126 Å². The molecule has 1 saturated carbocycles. The average Bonchev–Trinajstić information content (AvgIpc) is 2.88. The van der Waals surface area contributed by atoms with Crippen molar-refractivity contribution in [3.8, 4) is 0 Å². The standard InChI is InChI=1S/C14H24N2O2S2/c1-11-4-6-12(7-5-11)16(3)20(17,18)14-9-8-13(19-14)10-15-2/h8-9,11-12,15H,4-7,10H2,1-3H3. The van der Waals surface area contributed by atoms with Gasteiger partial charge in [-0.1, -0.05) is 6.92 Å². The quantitative estimate of drug-likeness (QED) is 0.908. The molecule has 1 aromatic rings. The summed E-state index contributed by atoms with van der Waals surface area (Å²) in [6, 6.07) is 3.78. The van der Waals surface area contributed by atoms with Crippen LogP contribution in [-0.4, -0.2) is 32.9 Å². The molecule has 1 aromatic heterocycles. The van der Waals surface area contributed by atoms with E-state index in [4.69, 9.17) is 0 Å². The third-order valence-corrected chi connectivity index (χ3v) is 7.58. The summed E-state index contributed by atoms with van der Waals surface area (Å²) in [5.41, 5.74) is 0. The van der Waals surface area contributed by atoms with E-state index < -0.39 is 10.0 Å². The van der Waals surface area contributed by atoms with Crippen LogP contribution < -0.4 is 5.32 Å². The minimum Gasteiger partial charge on any atom is -0.315 e. The van der Waals surface area contributed by atoms with E-state index in [2.05, 4.69) is 12.2 Å². The van der Waals surface area contributed by atoms with E-state index in [1.807, 2.05) is 13.1 Å². The van der Waals surface area contributed by atoms with Crippen LogP contribution in [0.25, 0.3) is 0 Å². The summed E-state index contributed by atoms with van der Waals surface area (Å²) >= 11 is 1.37. The van der Waals surface area contributed by atoms with E-state index >= 15 is 0 Å². The Morgan fingerprint density at radius 3 is 2.55 bits per heavy atom. The van der Waals surface area contributed by atoms with E-state index in [1.165, 1.54) is 11.3 Å². The molecular weight excluding hydrogens is 292 g/mol. The Balaban J connectivity index is 2.12. The Morgan fingerprint density at radius 2 is 1.95 bits per heavy atom. The maximum absolute atomic E-state index is 12.6. The summed E-state index contributed by atoms with van der Waals surface area (Å²) in [5.74, 6) is 0.728. The molecule has 20 heavy (non-hydrogen) atoms. The number of hydrogen-bond donors (Lipinski definition) is 1. The highest BCUT2D eigenvalue weighted by atomic mass is 32.2. The monoisotopic (exact) mass is 316 g/mol. The second-order valence-corrected chi connectivity index (χ2v) is 9.08. The summed E-state index contributed by atoms with van der Waals surface area (Å²) in [6.45, 7) is 2.96. The topological polar surface area (TPSA) is 49.4 Å². The summed E-state index contributed by atoms with van der Waals surface area (Å²) < 4.78 is 27.3. The first-order chi connectivity index (χ1) is 9.45. The van der Waals surface area contributed by atoms with E-state index in [0.29, 0.717) is 10.8 Å². The van der Waals surface area contributed by atoms with Crippen LogP contribution >= 0.6 is 11.3 Å².